The second-order valence-electron chi connectivity index (χ2n) is 7.52. The lowest BCUT2D eigenvalue weighted by Gasteiger charge is -2.30. The summed E-state index contributed by atoms with van der Waals surface area (Å²) < 4.78 is 1.90. The van der Waals surface area contributed by atoms with Crippen molar-refractivity contribution in [2.24, 2.45) is 12.5 Å². The fraction of sp³-hybridized carbons (Fsp3) is 0.350. The number of hydrogen-bond acceptors (Lipinski definition) is 3. The fourth-order valence-corrected chi connectivity index (χ4v) is 3.41. The van der Waals surface area contributed by atoms with E-state index in [1.54, 1.807) is 24.3 Å². The number of anilines is 1. The second kappa shape index (κ2) is 6.78. The van der Waals surface area contributed by atoms with Crippen LogP contribution in [0, 0.1) is 5.41 Å². The average molecular weight is 352 g/mol. The van der Waals surface area contributed by atoms with E-state index >= 15 is 0 Å². The van der Waals surface area contributed by atoms with Crippen molar-refractivity contribution in [3.05, 3.63) is 59.9 Å². The number of fused-ring (bicyclic) bond motifs is 1. The third kappa shape index (κ3) is 3.69. The van der Waals surface area contributed by atoms with Crippen LogP contribution in [-0.2, 0) is 24.8 Å². The number of nitrogens with one attached hydrogen (secondary N) is 1. The highest BCUT2D eigenvalue weighted by molar-refractivity contribution is 6.00. The summed E-state index contributed by atoms with van der Waals surface area (Å²) in [5.41, 5.74) is 3.34. The van der Waals surface area contributed by atoms with Crippen molar-refractivity contribution < 1.29 is 9.59 Å². The third-order valence-corrected chi connectivity index (χ3v) is 4.62. The number of carbonyl (C=O) groups is 2. The molecule has 6 nitrogen and oxygen atoms in total. The van der Waals surface area contributed by atoms with E-state index in [4.69, 9.17) is 0 Å². The van der Waals surface area contributed by atoms with Crippen molar-refractivity contribution in [2.75, 3.05) is 11.9 Å². The van der Waals surface area contributed by atoms with Crippen LogP contribution in [0.5, 0.6) is 0 Å². The molecule has 6 heteroatoms. The van der Waals surface area contributed by atoms with E-state index in [9.17, 15) is 9.59 Å². The fourth-order valence-electron chi connectivity index (χ4n) is 3.41. The van der Waals surface area contributed by atoms with Crippen LogP contribution < -0.4 is 5.32 Å². The molecule has 136 valence electrons. The van der Waals surface area contributed by atoms with Gasteiger partial charge in [0.2, 0.25) is 5.91 Å². The molecular weight excluding hydrogens is 328 g/mol. The average Bonchev–Trinajstić information content (AvgIpc) is 2.85. The zero-order valence-electron chi connectivity index (χ0n) is 15.5. The molecule has 0 atom stereocenters. The third-order valence-electron chi connectivity index (χ3n) is 4.62. The molecule has 0 bridgehead atoms. The van der Waals surface area contributed by atoms with Gasteiger partial charge in [0.25, 0.3) is 5.91 Å². The van der Waals surface area contributed by atoms with Gasteiger partial charge in [-0.1, -0.05) is 26.5 Å². The molecule has 1 aromatic carbocycles. The molecule has 3 rings (SSSR count). The maximum absolute atomic E-state index is 13.1. The van der Waals surface area contributed by atoms with E-state index in [-0.39, 0.29) is 17.2 Å². The van der Waals surface area contributed by atoms with Crippen LogP contribution in [0.15, 0.2) is 43.1 Å². The standard InChI is InChI=1S/C20H24N4O2/c1-5-18(25)22-16-8-6-7-14(9-16)19(26)24-12-15-11-21-23(4)17(15)10-20(2,3)13-24/h5-9,11H,1,10,12-13H2,2-4H3,(H,22,25). The van der Waals surface area contributed by atoms with E-state index in [0.717, 1.165) is 12.0 Å². The van der Waals surface area contributed by atoms with E-state index in [0.29, 0.717) is 24.3 Å². The molecule has 2 heterocycles. The lowest BCUT2D eigenvalue weighted by molar-refractivity contribution is -0.111. The van der Waals surface area contributed by atoms with Gasteiger partial charge >= 0.3 is 0 Å². The SMILES string of the molecule is C=CC(=O)Nc1cccc(C(=O)N2Cc3cnn(C)c3CC(C)(C)C2)c1. The zero-order valence-corrected chi connectivity index (χ0v) is 15.5. The normalized spacial score (nSPS) is 15.7. The van der Waals surface area contributed by atoms with Crippen LogP contribution in [0.25, 0.3) is 0 Å². The van der Waals surface area contributed by atoms with Crippen molar-refractivity contribution in [3.63, 3.8) is 0 Å². The molecule has 0 unspecified atom stereocenters. The van der Waals surface area contributed by atoms with Crippen molar-refractivity contribution in [2.45, 2.75) is 26.8 Å². The minimum atomic E-state index is -0.300. The molecule has 0 aliphatic carbocycles. The van der Waals surface area contributed by atoms with E-state index < -0.39 is 0 Å². The maximum atomic E-state index is 13.1. The Balaban J connectivity index is 1.88. The Morgan fingerprint density at radius 3 is 2.85 bits per heavy atom. The largest absolute Gasteiger partial charge is 0.334 e. The smallest absolute Gasteiger partial charge is 0.254 e. The van der Waals surface area contributed by atoms with Gasteiger partial charge in [-0.25, -0.2) is 0 Å². The number of hydrogen-bond donors (Lipinski definition) is 1. The number of aryl methyl sites for hydroxylation is 1. The van der Waals surface area contributed by atoms with Gasteiger partial charge in [-0.05, 0) is 36.1 Å². The topological polar surface area (TPSA) is 67.2 Å². The zero-order chi connectivity index (χ0) is 18.9. The first-order chi connectivity index (χ1) is 12.3. The van der Waals surface area contributed by atoms with Crippen LogP contribution in [0.4, 0.5) is 5.69 Å². The minimum Gasteiger partial charge on any atom is -0.334 e. The molecule has 0 fully saturated rings. The summed E-state index contributed by atoms with van der Waals surface area (Å²) in [6, 6.07) is 6.99. The number of nitrogens with zero attached hydrogens (tertiary/aromatic N) is 3. The molecule has 1 aromatic heterocycles. The highest BCUT2D eigenvalue weighted by Crippen LogP contribution is 2.30. The van der Waals surface area contributed by atoms with Crippen LogP contribution in [0.2, 0.25) is 0 Å². The minimum absolute atomic E-state index is 0.0514. The summed E-state index contributed by atoms with van der Waals surface area (Å²) in [6.07, 6.45) is 3.92. The highest BCUT2D eigenvalue weighted by Gasteiger charge is 2.32. The lowest BCUT2D eigenvalue weighted by atomic mass is 9.87. The van der Waals surface area contributed by atoms with E-state index in [2.05, 4.69) is 30.8 Å². The number of carbonyl (C=O) groups excluding carboxylic acids is 2. The Kier molecular flexibility index (Phi) is 4.68. The van der Waals surface area contributed by atoms with Gasteiger partial charge in [-0.2, -0.15) is 5.10 Å². The highest BCUT2D eigenvalue weighted by atomic mass is 16.2. The molecular formula is C20H24N4O2. The Bertz CT molecular complexity index is 866. The predicted molar refractivity (Wildman–Crippen MR) is 101 cm³/mol. The van der Waals surface area contributed by atoms with Crippen LogP contribution in [0.1, 0.15) is 35.5 Å². The molecule has 26 heavy (non-hydrogen) atoms. The molecule has 1 aliphatic heterocycles. The summed E-state index contributed by atoms with van der Waals surface area (Å²) in [7, 11) is 1.94. The van der Waals surface area contributed by atoms with Crippen molar-refractivity contribution in [1.82, 2.24) is 14.7 Å². The van der Waals surface area contributed by atoms with Gasteiger partial charge in [-0.15, -0.1) is 0 Å². The Hall–Kier alpha value is -2.89. The first kappa shape index (κ1) is 17.9. The monoisotopic (exact) mass is 352 g/mol. The van der Waals surface area contributed by atoms with E-state index in [1.165, 1.54) is 11.8 Å². The van der Waals surface area contributed by atoms with Crippen LogP contribution in [-0.4, -0.2) is 33.0 Å². The molecule has 0 radical (unpaired) electrons. The molecule has 1 aliphatic rings. The Labute approximate surface area is 153 Å². The maximum Gasteiger partial charge on any atom is 0.254 e. The quantitative estimate of drug-likeness (QED) is 0.864. The summed E-state index contributed by atoms with van der Waals surface area (Å²) in [4.78, 5) is 26.5. The van der Waals surface area contributed by atoms with Crippen molar-refractivity contribution in [3.8, 4) is 0 Å². The first-order valence-corrected chi connectivity index (χ1v) is 8.61. The number of benzene rings is 1. The summed E-state index contributed by atoms with van der Waals surface area (Å²) >= 11 is 0. The predicted octanol–water partition coefficient (Wildman–Crippen LogP) is 2.77. The van der Waals surface area contributed by atoms with E-state index in [1.807, 2.05) is 22.8 Å². The van der Waals surface area contributed by atoms with Gasteiger partial charge in [0.05, 0.1) is 6.20 Å². The van der Waals surface area contributed by atoms with Crippen LogP contribution in [0.3, 0.4) is 0 Å². The second-order valence-corrected chi connectivity index (χ2v) is 7.52. The van der Waals surface area contributed by atoms with Gasteiger partial charge in [0.1, 0.15) is 0 Å². The summed E-state index contributed by atoms with van der Waals surface area (Å²) in [5.74, 6) is -0.352. The van der Waals surface area contributed by atoms with Crippen molar-refractivity contribution in [1.29, 1.82) is 0 Å². The van der Waals surface area contributed by atoms with Gasteiger partial charge in [-0.3, -0.25) is 14.3 Å². The molecule has 2 amide bonds. The van der Waals surface area contributed by atoms with Gasteiger partial charge in [0.15, 0.2) is 0 Å². The molecule has 0 saturated heterocycles. The lowest BCUT2D eigenvalue weighted by Crippen LogP contribution is -2.37. The molecule has 0 saturated carbocycles. The van der Waals surface area contributed by atoms with Crippen molar-refractivity contribution >= 4 is 17.5 Å². The first-order valence-electron chi connectivity index (χ1n) is 8.61. The molecule has 1 N–H and O–H groups in total. The number of amides is 2. The summed E-state index contributed by atoms with van der Waals surface area (Å²) in [6.45, 7) is 8.96. The summed E-state index contributed by atoms with van der Waals surface area (Å²) in [5, 5.41) is 7.05. The van der Waals surface area contributed by atoms with Gasteiger partial charge < -0.3 is 10.2 Å². The van der Waals surface area contributed by atoms with Crippen LogP contribution >= 0.6 is 0 Å². The Morgan fingerprint density at radius 2 is 2.12 bits per heavy atom. The number of rotatable bonds is 3. The molecule has 2 aromatic rings. The number of aromatic nitrogens is 2. The molecule has 0 spiro atoms. The van der Waals surface area contributed by atoms with Gasteiger partial charge in [0, 0.05) is 42.6 Å². The Morgan fingerprint density at radius 1 is 1.35 bits per heavy atom.